The number of hydrogen-bond acceptors (Lipinski definition) is 6. The normalized spacial score (nSPS) is 18.0. The van der Waals surface area contributed by atoms with Gasteiger partial charge in [-0.1, -0.05) is 42.0 Å². The molecule has 7 nitrogen and oxygen atoms in total. The van der Waals surface area contributed by atoms with Crippen LogP contribution in [0.25, 0.3) is 4.96 Å². The van der Waals surface area contributed by atoms with Gasteiger partial charge in [0.2, 0.25) is 5.82 Å². The van der Waals surface area contributed by atoms with Gasteiger partial charge in [0.15, 0.2) is 0 Å². The number of anilines is 1. The van der Waals surface area contributed by atoms with Gasteiger partial charge in [0.1, 0.15) is 6.20 Å². The monoisotopic (exact) mass is 385 g/mol. The fraction of sp³-hybridized carbons (Fsp3) is 0.421. The minimum Gasteiger partial charge on any atom is -0.359 e. The third-order valence-corrected chi connectivity index (χ3v) is 6.05. The van der Waals surface area contributed by atoms with E-state index in [9.17, 15) is 10.1 Å². The molecule has 1 atom stereocenters. The molecule has 1 N–H and O–H groups in total. The van der Waals surface area contributed by atoms with Crippen LogP contribution in [-0.2, 0) is 13.1 Å². The van der Waals surface area contributed by atoms with Crippen LogP contribution in [-0.4, -0.2) is 31.8 Å². The van der Waals surface area contributed by atoms with E-state index in [1.807, 2.05) is 6.07 Å². The first-order valence-corrected chi connectivity index (χ1v) is 10.2. The molecule has 0 saturated carbocycles. The Bertz CT molecular complexity index is 951. The quantitative estimate of drug-likeness (QED) is 0.506. The van der Waals surface area contributed by atoms with Crippen molar-refractivity contribution in [1.29, 1.82) is 0 Å². The van der Waals surface area contributed by atoms with E-state index in [1.54, 1.807) is 11.6 Å². The molecule has 0 spiro atoms. The Balaban J connectivity index is 1.53. The van der Waals surface area contributed by atoms with Crippen LogP contribution in [0.1, 0.15) is 37.3 Å². The molecular formula is C19H23N5O2S. The molecule has 1 aliphatic rings. The van der Waals surface area contributed by atoms with E-state index < -0.39 is 0 Å². The van der Waals surface area contributed by atoms with Crippen LogP contribution in [0, 0.1) is 10.1 Å². The van der Waals surface area contributed by atoms with Crippen LogP contribution in [0.4, 0.5) is 11.6 Å². The van der Waals surface area contributed by atoms with Crippen molar-refractivity contribution in [2.24, 2.45) is 0 Å². The van der Waals surface area contributed by atoms with Gasteiger partial charge in [0.25, 0.3) is 4.96 Å². The number of piperidine rings is 1. The molecule has 3 heterocycles. The minimum absolute atomic E-state index is 0.00613. The molecule has 1 aliphatic heterocycles. The average molecular weight is 385 g/mol. The van der Waals surface area contributed by atoms with E-state index in [-0.39, 0.29) is 10.7 Å². The summed E-state index contributed by atoms with van der Waals surface area (Å²) in [5, 5.41) is 16.5. The maximum atomic E-state index is 11.5. The van der Waals surface area contributed by atoms with Crippen molar-refractivity contribution < 1.29 is 4.92 Å². The zero-order valence-electron chi connectivity index (χ0n) is 15.3. The minimum atomic E-state index is -0.379. The van der Waals surface area contributed by atoms with Gasteiger partial charge in [-0.15, -0.1) is 0 Å². The molecule has 27 heavy (non-hydrogen) atoms. The largest absolute Gasteiger partial charge is 0.372 e. The summed E-state index contributed by atoms with van der Waals surface area (Å²) >= 11 is 1.39. The number of fused-ring (bicyclic) bond motifs is 1. The number of rotatable bonds is 6. The summed E-state index contributed by atoms with van der Waals surface area (Å²) in [6, 6.07) is 8.91. The van der Waals surface area contributed by atoms with E-state index in [0.29, 0.717) is 23.4 Å². The molecule has 3 aromatic rings. The number of benzene rings is 1. The lowest BCUT2D eigenvalue weighted by molar-refractivity contribution is -0.389. The van der Waals surface area contributed by atoms with Crippen LogP contribution in [0.15, 0.2) is 35.8 Å². The van der Waals surface area contributed by atoms with Crippen molar-refractivity contribution in [1.82, 2.24) is 14.3 Å². The molecule has 1 saturated heterocycles. The second-order valence-electron chi connectivity index (χ2n) is 7.03. The highest BCUT2D eigenvalue weighted by atomic mass is 32.1. The zero-order chi connectivity index (χ0) is 18.8. The molecular weight excluding hydrogens is 362 g/mol. The predicted octanol–water partition coefficient (Wildman–Crippen LogP) is 4.29. The summed E-state index contributed by atoms with van der Waals surface area (Å²) in [5.41, 5.74) is 2.42. The molecule has 0 aliphatic carbocycles. The molecule has 8 heteroatoms. The summed E-state index contributed by atoms with van der Waals surface area (Å²) in [5.74, 6) is 0.321. The molecule has 0 amide bonds. The van der Waals surface area contributed by atoms with E-state index >= 15 is 0 Å². The second kappa shape index (κ2) is 7.66. The number of imidazole rings is 1. The first kappa shape index (κ1) is 17.9. The first-order valence-electron chi connectivity index (χ1n) is 9.28. The lowest BCUT2D eigenvalue weighted by Crippen LogP contribution is -2.37. The standard InChI is InChI=1S/C19H23N5O2S/c1-14-6-4-5-9-22(14)13-16-8-3-2-7-15(16)12-20-17-18(24(25)26)23-10-11-27-19(23)21-17/h2-3,7-8,10-11,14,20H,4-6,9,12-13H2,1H3. The van der Waals surface area contributed by atoms with Gasteiger partial charge in [-0.3, -0.25) is 4.90 Å². The fourth-order valence-corrected chi connectivity index (χ4v) is 4.45. The number of nitrogens with one attached hydrogen (secondary N) is 1. The molecule has 4 rings (SSSR count). The highest BCUT2D eigenvalue weighted by Gasteiger charge is 2.24. The van der Waals surface area contributed by atoms with Crippen molar-refractivity contribution >= 4 is 27.9 Å². The number of nitrogens with zero attached hydrogens (tertiary/aromatic N) is 4. The van der Waals surface area contributed by atoms with E-state index in [0.717, 1.165) is 18.7 Å². The molecule has 1 unspecified atom stereocenters. The highest BCUT2D eigenvalue weighted by Crippen LogP contribution is 2.29. The van der Waals surface area contributed by atoms with Crippen LogP contribution < -0.4 is 5.32 Å². The number of aromatic nitrogens is 2. The molecule has 142 valence electrons. The highest BCUT2D eigenvalue weighted by molar-refractivity contribution is 7.15. The maximum absolute atomic E-state index is 11.5. The predicted molar refractivity (Wildman–Crippen MR) is 107 cm³/mol. The summed E-state index contributed by atoms with van der Waals surface area (Å²) in [6.07, 6.45) is 5.49. The summed E-state index contributed by atoms with van der Waals surface area (Å²) in [7, 11) is 0. The van der Waals surface area contributed by atoms with Gasteiger partial charge < -0.3 is 15.4 Å². The molecule has 0 bridgehead atoms. The number of nitro groups is 1. The van der Waals surface area contributed by atoms with Crippen molar-refractivity contribution in [3.63, 3.8) is 0 Å². The van der Waals surface area contributed by atoms with Crippen molar-refractivity contribution in [2.45, 2.75) is 45.3 Å². The lowest BCUT2D eigenvalue weighted by Gasteiger charge is -2.33. The fourth-order valence-electron chi connectivity index (χ4n) is 3.74. The van der Waals surface area contributed by atoms with Crippen molar-refractivity contribution in [2.75, 3.05) is 11.9 Å². The molecule has 0 radical (unpaired) electrons. The van der Waals surface area contributed by atoms with Crippen LogP contribution in [0.2, 0.25) is 0 Å². The summed E-state index contributed by atoms with van der Waals surface area (Å²) < 4.78 is 1.52. The average Bonchev–Trinajstić information content (AvgIpc) is 3.23. The van der Waals surface area contributed by atoms with E-state index in [1.165, 1.54) is 40.6 Å². The SMILES string of the molecule is CC1CCCCN1Cc1ccccc1CNc1nc2sccn2c1[N+](=O)[O-]. The van der Waals surface area contributed by atoms with Gasteiger partial charge >= 0.3 is 5.82 Å². The lowest BCUT2D eigenvalue weighted by atomic mass is 10.0. The first-order chi connectivity index (χ1) is 13.1. The summed E-state index contributed by atoms with van der Waals surface area (Å²) in [4.78, 5) is 18.6. The third-order valence-electron chi connectivity index (χ3n) is 5.29. The maximum Gasteiger partial charge on any atom is 0.372 e. The van der Waals surface area contributed by atoms with Crippen LogP contribution >= 0.6 is 11.3 Å². The van der Waals surface area contributed by atoms with Gasteiger partial charge in [-0.05, 0) is 42.4 Å². The van der Waals surface area contributed by atoms with Gasteiger partial charge in [-0.2, -0.15) is 9.38 Å². The van der Waals surface area contributed by atoms with Crippen molar-refractivity contribution in [3.8, 4) is 0 Å². The van der Waals surface area contributed by atoms with Crippen LogP contribution in [0.5, 0.6) is 0 Å². The number of thiazole rings is 1. The Kier molecular flexibility index (Phi) is 5.09. The van der Waals surface area contributed by atoms with Gasteiger partial charge in [0, 0.05) is 24.5 Å². The smallest absolute Gasteiger partial charge is 0.359 e. The Hall–Kier alpha value is -2.45. The van der Waals surface area contributed by atoms with Crippen molar-refractivity contribution in [3.05, 3.63) is 57.1 Å². The Morgan fingerprint density at radius 1 is 1.33 bits per heavy atom. The van der Waals surface area contributed by atoms with Gasteiger partial charge in [0.05, 0.1) is 0 Å². The van der Waals surface area contributed by atoms with E-state index in [4.69, 9.17) is 0 Å². The van der Waals surface area contributed by atoms with Crippen LogP contribution in [0.3, 0.4) is 0 Å². The van der Waals surface area contributed by atoms with Gasteiger partial charge in [-0.25, -0.2) is 0 Å². The third kappa shape index (κ3) is 3.68. The number of hydrogen-bond donors (Lipinski definition) is 1. The molecule has 1 fully saturated rings. The summed E-state index contributed by atoms with van der Waals surface area (Å²) in [6.45, 7) is 4.86. The topological polar surface area (TPSA) is 75.7 Å². The molecule has 2 aromatic heterocycles. The molecule has 1 aromatic carbocycles. The number of likely N-dealkylation sites (tertiary alicyclic amines) is 1. The zero-order valence-corrected chi connectivity index (χ0v) is 16.1. The Morgan fingerprint density at radius 3 is 2.93 bits per heavy atom. The van der Waals surface area contributed by atoms with E-state index in [2.05, 4.69) is 40.3 Å². The second-order valence-corrected chi connectivity index (χ2v) is 7.91. The Labute approximate surface area is 161 Å². The Morgan fingerprint density at radius 2 is 2.15 bits per heavy atom.